The first kappa shape index (κ1) is 21.7. The molecule has 9 heteroatoms. The van der Waals surface area contributed by atoms with Gasteiger partial charge in [0, 0.05) is 17.1 Å². The molecule has 0 aliphatic carbocycles. The lowest BCUT2D eigenvalue weighted by atomic mass is 10.1. The Labute approximate surface area is 176 Å². The fourth-order valence-corrected chi connectivity index (χ4v) is 2.65. The highest BCUT2D eigenvalue weighted by atomic mass is 19.4. The smallest absolute Gasteiger partial charge is 0.406 e. The molecule has 6 nitrogen and oxygen atoms in total. The molecule has 160 valence electrons. The highest BCUT2D eigenvalue weighted by Gasteiger charge is 2.30. The topological polar surface area (TPSA) is 79.5 Å². The van der Waals surface area contributed by atoms with Gasteiger partial charge in [-0.2, -0.15) is 0 Å². The predicted octanol–water partition coefficient (Wildman–Crippen LogP) is 5.41. The van der Waals surface area contributed by atoms with Crippen molar-refractivity contribution in [1.82, 2.24) is 0 Å². The molecule has 0 atom stereocenters. The molecule has 3 aromatic carbocycles. The van der Waals surface area contributed by atoms with E-state index < -0.39 is 12.4 Å². The number of benzene rings is 3. The molecule has 0 bridgehead atoms. The van der Waals surface area contributed by atoms with Crippen molar-refractivity contribution in [3.05, 3.63) is 84.4 Å². The molecule has 0 heterocycles. The second-order valence-electron chi connectivity index (χ2n) is 6.44. The zero-order valence-electron chi connectivity index (χ0n) is 16.1. The summed E-state index contributed by atoms with van der Waals surface area (Å²) in [6.07, 6.45) is -4.78. The second kappa shape index (κ2) is 9.66. The molecule has 3 aromatic rings. The number of halogens is 3. The van der Waals surface area contributed by atoms with Crippen LogP contribution in [0.2, 0.25) is 0 Å². The van der Waals surface area contributed by atoms with Crippen LogP contribution in [0.5, 0.6) is 5.75 Å². The fourth-order valence-electron chi connectivity index (χ4n) is 2.65. The molecule has 31 heavy (non-hydrogen) atoms. The van der Waals surface area contributed by atoms with E-state index in [4.69, 9.17) is 0 Å². The Bertz CT molecular complexity index is 1020. The molecule has 0 fully saturated rings. The van der Waals surface area contributed by atoms with Gasteiger partial charge in [0.05, 0.1) is 6.42 Å². The van der Waals surface area contributed by atoms with Crippen molar-refractivity contribution in [2.75, 3.05) is 16.0 Å². The maximum atomic E-state index is 12.2. The number of nitrogens with one attached hydrogen (secondary N) is 3. The maximum Gasteiger partial charge on any atom is 0.573 e. The van der Waals surface area contributed by atoms with Gasteiger partial charge in [-0.15, -0.1) is 13.2 Å². The Morgan fingerprint density at radius 3 is 1.77 bits per heavy atom. The summed E-state index contributed by atoms with van der Waals surface area (Å²) < 4.78 is 40.3. The average Bonchev–Trinajstić information content (AvgIpc) is 2.70. The monoisotopic (exact) mass is 429 g/mol. The van der Waals surface area contributed by atoms with E-state index in [2.05, 4.69) is 20.7 Å². The summed E-state index contributed by atoms with van der Waals surface area (Å²) in [5.74, 6) is -0.692. The SMILES string of the molecule is O=C(Cc1ccc(OC(F)(F)F)cc1)Nc1ccc(NC(=O)Nc2ccccc2)cc1. The van der Waals surface area contributed by atoms with Crippen LogP contribution in [-0.2, 0) is 11.2 Å². The maximum absolute atomic E-state index is 12.2. The van der Waals surface area contributed by atoms with Gasteiger partial charge < -0.3 is 20.7 Å². The summed E-state index contributed by atoms with van der Waals surface area (Å²) in [7, 11) is 0. The molecule has 3 amide bonds. The lowest BCUT2D eigenvalue weighted by molar-refractivity contribution is -0.274. The van der Waals surface area contributed by atoms with Gasteiger partial charge in [0.15, 0.2) is 0 Å². The van der Waals surface area contributed by atoms with E-state index in [1.807, 2.05) is 6.07 Å². The number of hydrogen-bond acceptors (Lipinski definition) is 3. The Hall–Kier alpha value is -4.01. The van der Waals surface area contributed by atoms with Gasteiger partial charge in [0.25, 0.3) is 0 Å². The first-order valence-electron chi connectivity index (χ1n) is 9.14. The number of anilines is 3. The number of ether oxygens (including phenoxy) is 1. The van der Waals surface area contributed by atoms with Crippen molar-refractivity contribution in [3.63, 3.8) is 0 Å². The van der Waals surface area contributed by atoms with Crippen LogP contribution < -0.4 is 20.7 Å². The van der Waals surface area contributed by atoms with E-state index in [1.165, 1.54) is 12.1 Å². The third-order valence-electron chi connectivity index (χ3n) is 3.98. The molecule has 0 radical (unpaired) electrons. The Morgan fingerprint density at radius 1 is 0.710 bits per heavy atom. The van der Waals surface area contributed by atoms with Crippen LogP contribution in [0, 0.1) is 0 Å². The lowest BCUT2D eigenvalue weighted by Gasteiger charge is -2.10. The van der Waals surface area contributed by atoms with E-state index in [9.17, 15) is 22.8 Å². The van der Waals surface area contributed by atoms with E-state index >= 15 is 0 Å². The number of para-hydroxylation sites is 1. The zero-order chi connectivity index (χ0) is 22.3. The minimum Gasteiger partial charge on any atom is -0.406 e. The van der Waals surface area contributed by atoms with E-state index in [-0.39, 0.29) is 18.1 Å². The Kier molecular flexibility index (Phi) is 6.76. The van der Waals surface area contributed by atoms with Crippen molar-refractivity contribution in [1.29, 1.82) is 0 Å². The average molecular weight is 429 g/mol. The summed E-state index contributed by atoms with van der Waals surface area (Å²) >= 11 is 0. The van der Waals surface area contributed by atoms with Crippen LogP contribution in [0.4, 0.5) is 35.0 Å². The highest BCUT2D eigenvalue weighted by molar-refractivity contribution is 6.00. The third kappa shape index (κ3) is 7.39. The normalized spacial score (nSPS) is 10.8. The van der Waals surface area contributed by atoms with Gasteiger partial charge in [0.2, 0.25) is 5.91 Å². The molecule has 3 rings (SSSR count). The largest absolute Gasteiger partial charge is 0.573 e. The van der Waals surface area contributed by atoms with Crippen LogP contribution in [0.3, 0.4) is 0 Å². The molecule has 0 saturated heterocycles. The van der Waals surface area contributed by atoms with Gasteiger partial charge in [-0.05, 0) is 54.1 Å². The fraction of sp³-hybridized carbons (Fsp3) is 0.0909. The summed E-state index contributed by atoms with van der Waals surface area (Å²) in [6, 6.07) is 20.1. The van der Waals surface area contributed by atoms with Crippen LogP contribution in [-0.4, -0.2) is 18.3 Å². The summed E-state index contributed by atoms with van der Waals surface area (Å²) in [6.45, 7) is 0. The quantitative estimate of drug-likeness (QED) is 0.490. The van der Waals surface area contributed by atoms with E-state index in [0.29, 0.717) is 22.6 Å². The van der Waals surface area contributed by atoms with Crippen molar-refractivity contribution in [2.45, 2.75) is 12.8 Å². The van der Waals surface area contributed by atoms with Crippen LogP contribution in [0.1, 0.15) is 5.56 Å². The van der Waals surface area contributed by atoms with Crippen molar-refractivity contribution < 1.29 is 27.5 Å². The van der Waals surface area contributed by atoms with Gasteiger partial charge >= 0.3 is 12.4 Å². The molecular formula is C22H18F3N3O3. The number of carbonyl (C=O) groups excluding carboxylic acids is 2. The Morgan fingerprint density at radius 2 is 1.23 bits per heavy atom. The number of hydrogen-bond donors (Lipinski definition) is 3. The number of rotatable bonds is 6. The van der Waals surface area contributed by atoms with Crippen molar-refractivity contribution in [2.24, 2.45) is 0 Å². The van der Waals surface area contributed by atoms with Crippen LogP contribution in [0.25, 0.3) is 0 Å². The third-order valence-corrected chi connectivity index (χ3v) is 3.98. The molecule has 0 aliphatic heterocycles. The lowest BCUT2D eigenvalue weighted by Crippen LogP contribution is -2.19. The van der Waals surface area contributed by atoms with E-state index in [1.54, 1.807) is 48.5 Å². The standard InChI is InChI=1S/C22H18F3N3O3/c23-22(24,25)31-19-12-6-15(7-13-19)14-20(29)26-17-8-10-18(11-9-17)28-21(30)27-16-4-2-1-3-5-16/h1-13H,14H2,(H,26,29)(H2,27,28,30). The molecule has 0 spiro atoms. The van der Waals surface area contributed by atoms with Gasteiger partial charge in [-0.25, -0.2) is 4.79 Å². The Balaban J connectivity index is 1.49. The van der Waals surface area contributed by atoms with Crippen LogP contribution >= 0.6 is 0 Å². The number of urea groups is 1. The minimum absolute atomic E-state index is 0.0220. The van der Waals surface area contributed by atoms with Crippen molar-refractivity contribution >= 4 is 29.0 Å². The number of alkyl halides is 3. The molecule has 0 aliphatic rings. The molecule has 0 unspecified atom stereocenters. The first-order valence-corrected chi connectivity index (χ1v) is 9.14. The highest BCUT2D eigenvalue weighted by Crippen LogP contribution is 2.23. The van der Waals surface area contributed by atoms with Gasteiger partial charge in [-0.1, -0.05) is 30.3 Å². The van der Waals surface area contributed by atoms with Crippen LogP contribution in [0.15, 0.2) is 78.9 Å². The van der Waals surface area contributed by atoms with Crippen molar-refractivity contribution in [3.8, 4) is 5.75 Å². The predicted molar refractivity (Wildman–Crippen MR) is 111 cm³/mol. The molecule has 3 N–H and O–H groups in total. The number of amides is 3. The molecule has 0 aromatic heterocycles. The second-order valence-corrected chi connectivity index (χ2v) is 6.44. The zero-order valence-corrected chi connectivity index (χ0v) is 16.1. The number of carbonyl (C=O) groups is 2. The van der Waals surface area contributed by atoms with E-state index in [0.717, 1.165) is 12.1 Å². The molecular weight excluding hydrogens is 411 g/mol. The van der Waals surface area contributed by atoms with Gasteiger partial charge in [0.1, 0.15) is 5.75 Å². The first-order chi connectivity index (χ1) is 14.8. The summed E-state index contributed by atoms with van der Waals surface area (Å²) in [4.78, 5) is 24.1. The van der Waals surface area contributed by atoms with Gasteiger partial charge in [-0.3, -0.25) is 4.79 Å². The summed E-state index contributed by atoms with van der Waals surface area (Å²) in [5, 5.41) is 8.05. The minimum atomic E-state index is -4.76. The summed E-state index contributed by atoms with van der Waals surface area (Å²) in [5.41, 5.74) is 2.23. The molecule has 0 saturated carbocycles.